The molecule has 8 nitrogen and oxygen atoms in total. The quantitative estimate of drug-likeness (QED) is 0.350. The van der Waals surface area contributed by atoms with Gasteiger partial charge in [-0.3, -0.25) is 4.79 Å². The molecule has 0 fully saturated rings. The maximum atomic E-state index is 12.9. The Labute approximate surface area is 188 Å². The third kappa shape index (κ3) is 4.52. The zero-order valence-corrected chi connectivity index (χ0v) is 18.4. The third-order valence-corrected chi connectivity index (χ3v) is 6.35. The average Bonchev–Trinajstić information content (AvgIpc) is 3.38. The number of nitrogens with two attached hydrogens (primary N) is 1. The Kier molecular flexibility index (Phi) is 5.74. The van der Waals surface area contributed by atoms with Crippen molar-refractivity contribution in [1.82, 2.24) is 0 Å². The molecule has 1 amide bonds. The molecule has 2 N–H and O–H groups in total. The highest BCUT2D eigenvalue weighted by molar-refractivity contribution is 7.89. The van der Waals surface area contributed by atoms with Gasteiger partial charge in [-0.05, 0) is 66.4 Å². The summed E-state index contributed by atoms with van der Waals surface area (Å²) in [5, 5.41) is 12.4. The number of esters is 1. The molecule has 0 aliphatic carbocycles. The van der Waals surface area contributed by atoms with Crippen molar-refractivity contribution < 1.29 is 22.7 Å². The van der Waals surface area contributed by atoms with Crippen LogP contribution in [0.2, 0.25) is 0 Å². The summed E-state index contributed by atoms with van der Waals surface area (Å²) in [5.74, 6) is -0.464. The van der Waals surface area contributed by atoms with E-state index in [4.69, 9.17) is 9.88 Å². The van der Waals surface area contributed by atoms with Crippen molar-refractivity contribution in [3.05, 3.63) is 82.1 Å². The van der Waals surface area contributed by atoms with Gasteiger partial charge in [-0.1, -0.05) is 18.2 Å². The zero-order valence-electron chi connectivity index (χ0n) is 16.8. The number of hydrogen-bond donors (Lipinski definition) is 1. The molecule has 0 spiro atoms. The van der Waals surface area contributed by atoms with Gasteiger partial charge >= 0.3 is 5.97 Å². The fourth-order valence-electron chi connectivity index (χ4n) is 3.02. The minimum absolute atomic E-state index is 0.0572. The molecule has 2 aromatic carbocycles. The van der Waals surface area contributed by atoms with Gasteiger partial charge in [0, 0.05) is 0 Å². The first-order valence-electron chi connectivity index (χ1n) is 9.33. The topological polar surface area (TPSA) is 119 Å². The fourth-order valence-corrected chi connectivity index (χ4v) is 4.14. The van der Waals surface area contributed by atoms with Crippen LogP contribution in [0.1, 0.15) is 22.2 Å². The first-order valence-corrected chi connectivity index (χ1v) is 11.8. The largest absolute Gasteiger partial charge is 0.422 e. The van der Waals surface area contributed by atoms with E-state index < -0.39 is 16.0 Å². The van der Waals surface area contributed by atoms with E-state index in [0.717, 1.165) is 0 Å². The number of sulfonamides is 1. The molecule has 0 radical (unpaired) electrons. The van der Waals surface area contributed by atoms with Gasteiger partial charge < -0.3 is 4.74 Å². The van der Waals surface area contributed by atoms with Crippen molar-refractivity contribution in [2.45, 2.75) is 11.8 Å². The number of hydrogen-bond acceptors (Lipinski definition) is 7. The first-order chi connectivity index (χ1) is 15.2. The summed E-state index contributed by atoms with van der Waals surface area (Å²) in [4.78, 5) is 25.5. The minimum atomic E-state index is -3.83. The molecule has 3 aromatic rings. The smallest absolute Gasteiger partial charge is 0.353 e. The lowest BCUT2D eigenvalue weighted by molar-refractivity contribution is -0.114. The van der Waals surface area contributed by atoms with E-state index in [2.05, 4.69) is 5.10 Å². The molecule has 1 aliphatic rings. The second-order valence-corrected chi connectivity index (χ2v) is 9.35. The third-order valence-electron chi connectivity index (χ3n) is 4.57. The van der Waals surface area contributed by atoms with E-state index in [0.29, 0.717) is 33.2 Å². The van der Waals surface area contributed by atoms with Crippen molar-refractivity contribution >= 4 is 50.7 Å². The molecular weight excluding hydrogens is 450 g/mol. The molecule has 162 valence electrons. The normalized spacial score (nSPS) is 15.2. The lowest BCUT2D eigenvalue weighted by atomic mass is 10.1. The number of ether oxygens (including phenoxy) is 1. The second kappa shape index (κ2) is 8.50. The Bertz CT molecular complexity index is 1360. The standard InChI is InChI=1S/C22H17N3O5S2/c1-14-19(21(26)25(24-14)16-7-9-18(10-8-16)32(23,28)29)13-15-4-2-5-17(12-15)30-22(27)20-6-3-11-31-20/h2-13H,1H3,(H2,23,28,29). The molecule has 4 rings (SSSR count). The molecule has 0 saturated carbocycles. The maximum Gasteiger partial charge on any atom is 0.353 e. The number of primary sulfonamides is 1. The van der Waals surface area contributed by atoms with Crippen molar-refractivity contribution in [2.75, 3.05) is 5.01 Å². The number of carbonyl (C=O) groups is 2. The van der Waals surface area contributed by atoms with Crippen molar-refractivity contribution in [3.63, 3.8) is 0 Å². The Morgan fingerprint density at radius 1 is 1.12 bits per heavy atom. The Hall–Kier alpha value is -3.60. The lowest BCUT2D eigenvalue weighted by Crippen LogP contribution is -2.21. The Morgan fingerprint density at radius 2 is 1.88 bits per heavy atom. The van der Waals surface area contributed by atoms with E-state index >= 15 is 0 Å². The van der Waals surface area contributed by atoms with Crippen LogP contribution in [0.3, 0.4) is 0 Å². The number of rotatable bonds is 5. The van der Waals surface area contributed by atoms with Crippen LogP contribution in [0.4, 0.5) is 5.69 Å². The number of amides is 1. The second-order valence-electron chi connectivity index (χ2n) is 6.84. The van der Waals surface area contributed by atoms with Crippen LogP contribution in [0.5, 0.6) is 5.75 Å². The highest BCUT2D eigenvalue weighted by Gasteiger charge is 2.29. The zero-order chi connectivity index (χ0) is 22.9. The van der Waals surface area contributed by atoms with Crippen LogP contribution in [0.15, 0.2) is 81.6 Å². The van der Waals surface area contributed by atoms with Crippen LogP contribution in [0.25, 0.3) is 6.08 Å². The van der Waals surface area contributed by atoms with Crippen LogP contribution < -0.4 is 14.9 Å². The molecule has 32 heavy (non-hydrogen) atoms. The number of benzene rings is 2. The predicted octanol–water partition coefficient (Wildman–Crippen LogP) is 3.42. The summed E-state index contributed by atoms with van der Waals surface area (Å²) in [5.41, 5.74) is 1.92. The van der Waals surface area contributed by atoms with Crippen LogP contribution in [-0.2, 0) is 14.8 Å². The van der Waals surface area contributed by atoms with Gasteiger partial charge in [-0.2, -0.15) is 10.1 Å². The van der Waals surface area contributed by atoms with Gasteiger partial charge in [0.05, 0.1) is 21.9 Å². The molecule has 0 saturated heterocycles. The summed E-state index contributed by atoms with van der Waals surface area (Å²) in [7, 11) is -3.83. The number of anilines is 1. The number of thiophene rings is 1. The van der Waals surface area contributed by atoms with Gasteiger partial charge in [0.1, 0.15) is 10.6 Å². The van der Waals surface area contributed by atoms with Gasteiger partial charge in [0.25, 0.3) is 5.91 Å². The minimum Gasteiger partial charge on any atom is -0.422 e. The van der Waals surface area contributed by atoms with Crippen molar-refractivity contribution in [2.24, 2.45) is 10.2 Å². The van der Waals surface area contributed by atoms with E-state index in [-0.39, 0.29) is 10.8 Å². The summed E-state index contributed by atoms with van der Waals surface area (Å²) in [6, 6.07) is 15.8. The Balaban J connectivity index is 1.56. The summed E-state index contributed by atoms with van der Waals surface area (Å²) in [6.07, 6.45) is 1.66. The van der Waals surface area contributed by atoms with Gasteiger partial charge in [-0.15, -0.1) is 11.3 Å². The lowest BCUT2D eigenvalue weighted by Gasteiger charge is -2.12. The van der Waals surface area contributed by atoms with Crippen LogP contribution >= 0.6 is 11.3 Å². The highest BCUT2D eigenvalue weighted by Crippen LogP contribution is 2.27. The maximum absolute atomic E-state index is 12.9. The molecular formula is C22H17N3O5S2. The molecule has 1 aromatic heterocycles. The van der Waals surface area contributed by atoms with Crippen LogP contribution in [0, 0.1) is 0 Å². The summed E-state index contributed by atoms with van der Waals surface area (Å²) < 4.78 is 28.3. The van der Waals surface area contributed by atoms with E-state index in [1.165, 1.54) is 40.6 Å². The molecule has 0 atom stereocenters. The summed E-state index contributed by atoms with van der Waals surface area (Å²) >= 11 is 1.29. The molecule has 10 heteroatoms. The number of hydrazone groups is 1. The van der Waals surface area contributed by atoms with Crippen LogP contribution in [-0.4, -0.2) is 26.0 Å². The van der Waals surface area contributed by atoms with Crippen molar-refractivity contribution in [3.8, 4) is 5.75 Å². The average molecular weight is 468 g/mol. The number of carbonyl (C=O) groups excluding carboxylic acids is 2. The number of nitrogens with zero attached hydrogens (tertiary/aromatic N) is 2. The highest BCUT2D eigenvalue weighted by atomic mass is 32.2. The SMILES string of the molecule is CC1=NN(c2ccc(S(N)(=O)=O)cc2)C(=O)C1=Cc1cccc(OC(=O)c2cccs2)c1. The summed E-state index contributed by atoms with van der Waals surface area (Å²) in [6.45, 7) is 1.70. The van der Waals surface area contributed by atoms with Crippen molar-refractivity contribution in [1.29, 1.82) is 0 Å². The molecule has 2 heterocycles. The Morgan fingerprint density at radius 3 is 2.53 bits per heavy atom. The molecule has 0 bridgehead atoms. The van der Waals surface area contributed by atoms with E-state index in [1.54, 1.807) is 54.8 Å². The molecule has 1 aliphatic heterocycles. The van der Waals surface area contributed by atoms with E-state index in [9.17, 15) is 18.0 Å². The van der Waals surface area contributed by atoms with E-state index in [1.807, 2.05) is 0 Å². The van der Waals surface area contributed by atoms with Gasteiger partial charge in [-0.25, -0.2) is 18.4 Å². The monoisotopic (exact) mass is 467 g/mol. The molecule has 0 unspecified atom stereocenters. The first kappa shape index (κ1) is 21.6. The fraction of sp³-hybridized carbons (Fsp3) is 0.0455. The van der Waals surface area contributed by atoms with Gasteiger partial charge in [0.15, 0.2) is 0 Å². The van der Waals surface area contributed by atoms with Gasteiger partial charge in [0.2, 0.25) is 10.0 Å². The predicted molar refractivity (Wildman–Crippen MR) is 122 cm³/mol.